The van der Waals surface area contributed by atoms with Gasteiger partial charge in [-0.2, -0.15) is 0 Å². The molecule has 0 saturated carbocycles. The van der Waals surface area contributed by atoms with Crippen molar-refractivity contribution in [2.24, 2.45) is 0 Å². The Labute approximate surface area is 329 Å². The standard InChI is InChI=1S/C51H31BN2SSi/c1-30-14-2-3-15-32(30)31-28-38-35-19-12-20-37-47-36-18-4-8-23-42(36)55-51(47)54(49(35)37)52-39-21-13-27-46-50(39)53(41(29-31)48(38)52)40-22-7-11-26-45(40)56(46)43-24-9-5-16-33(43)34-17-6-10-25-44(34)56/h2-29H,1H3. The highest BCUT2D eigenvalue weighted by Crippen LogP contribution is 2.50. The van der Waals surface area contributed by atoms with Gasteiger partial charge in [0.05, 0.1) is 4.83 Å². The van der Waals surface area contributed by atoms with Gasteiger partial charge in [-0.15, -0.1) is 11.3 Å². The summed E-state index contributed by atoms with van der Waals surface area (Å²) in [6.45, 7) is 2.27. The number of aromatic nitrogens is 1. The number of thiophene rings is 1. The van der Waals surface area contributed by atoms with Crippen LogP contribution in [0.25, 0.3) is 64.6 Å². The molecule has 0 bridgehead atoms. The highest BCUT2D eigenvalue weighted by molar-refractivity contribution is 7.26. The Morgan fingerprint density at radius 2 is 1.16 bits per heavy atom. The molecule has 1 spiro atoms. The van der Waals surface area contributed by atoms with E-state index in [-0.39, 0.29) is 6.85 Å². The number of benzene rings is 8. The number of fused-ring (bicyclic) bond motifs is 18. The largest absolute Gasteiger partial charge is 0.367 e. The second-order valence-corrected chi connectivity index (χ2v) is 20.6. The average molecular weight is 743 g/mol. The van der Waals surface area contributed by atoms with Crippen molar-refractivity contribution in [2.75, 3.05) is 4.90 Å². The van der Waals surface area contributed by atoms with E-state index in [1.54, 1.807) is 0 Å². The summed E-state index contributed by atoms with van der Waals surface area (Å²) >= 11 is 1.95. The monoisotopic (exact) mass is 742 g/mol. The summed E-state index contributed by atoms with van der Waals surface area (Å²) in [7, 11) is -2.75. The van der Waals surface area contributed by atoms with E-state index >= 15 is 0 Å². The molecule has 14 rings (SSSR count). The second kappa shape index (κ2) is 10.3. The minimum absolute atomic E-state index is 0.0169. The number of anilines is 3. The van der Waals surface area contributed by atoms with Crippen molar-refractivity contribution in [3.8, 4) is 33.4 Å². The lowest BCUT2D eigenvalue weighted by Gasteiger charge is -2.49. The lowest BCUT2D eigenvalue weighted by atomic mass is 9.45. The van der Waals surface area contributed by atoms with E-state index in [4.69, 9.17) is 0 Å². The van der Waals surface area contributed by atoms with E-state index in [1.165, 1.54) is 119 Å². The van der Waals surface area contributed by atoms with Gasteiger partial charge in [0.15, 0.2) is 8.07 Å². The van der Waals surface area contributed by atoms with E-state index < -0.39 is 8.07 Å². The zero-order valence-electron chi connectivity index (χ0n) is 30.5. The van der Waals surface area contributed by atoms with Gasteiger partial charge >= 0.3 is 6.85 Å². The summed E-state index contributed by atoms with van der Waals surface area (Å²) in [5.74, 6) is 0. The van der Waals surface area contributed by atoms with Crippen molar-refractivity contribution in [1.29, 1.82) is 0 Å². The van der Waals surface area contributed by atoms with E-state index in [9.17, 15) is 0 Å². The lowest BCUT2D eigenvalue weighted by molar-refractivity contribution is 1.26. The summed E-state index contributed by atoms with van der Waals surface area (Å²) in [6, 6.07) is 65.4. The summed E-state index contributed by atoms with van der Waals surface area (Å²) < 4.78 is 4.10. The first-order valence-electron chi connectivity index (χ1n) is 19.6. The molecule has 5 heteroatoms. The van der Waals surface area contributed by atoms with Gasteiger partial charge in [0, 0.05) is 49.0 Å². The summed E-state index contributed by atoms with van der Waals surface area (Å²) in [5.41, 5.74) is 17.5. The number of nitrogens with zero attached hydrogens (tertiary/aromatic N) is 2. The Balaban J connectivity index is 1.20. The molecule has 10 aromatic rings. The van der Waals surface area contributed by atoms with Crippen molar-refractivity contribution >= 4 is 106 Å². The van der Waals surface area contributed by atoms with Crippen LogP contribution in [0.5, 0.6) is 0 Å². The lowest BCUT2D eigenvalue weighted by Crippen LogP contribution is -2.77. The van der Waals surface area contributed by atoms with Crippen molar-refractivity contribution < 1.29 is 0 Å². The van der Waals surface area contributed by atoms with Crippen molar-refractivity contribution in [3.63, 3.8) is 0 Å². The third-order valence-electron chi connectivity index (χ3n) is 13.5. The molecular formula is C51H31BN2SSi. The van der Waals surface area contributed by atoms with Crippen LogP contribution in [0.4, 0.5) is 17.1 Å². The molecule has 4 aliphatic heterocycles. The van der Waals surface area contributed by atoms with Crippen LogP contribution in [-0.2, 0) is 0 Å². The van der Waals surface area contributed by atoms with E-state index in [2.05, 4.69) is 186 Å². The third kappa shape index (κ3) is 3.31. The summed E-state index contributed by atoms with van der Waals surface area (Å²) in [6.07, 6.45) is 0. The Morgan fingerprint density at radius 3 is 1.98 bits per heavy atom. The predicted octanol–water partition coefficient (Wildman–Crippen LogP) is 9.07. The van der Waals surface area contributed by atoms with Gasteiger partial charge in [-0.3, -0.25) is 0 Å². The molecule has 0 fully saturated rings. The number of aryl methyl sites for hydroxylation is 1. The normalized spacial score (nSPS) is 14.6. The quantitative estimate of drug-likeness (QED) is 0.153. The highest BCUT2D eigenvalue weighted by atomic mass is 32.1. The molecule has 8 aromatic carbocycles. The van der Waals surface area contributed by atoms with E-state index in [1.807, 2.05) is 11.3 Å². The molecule has 56 heavy (non-hydrogen) atoms. The molecule has 0 N–H and O–H groups in total. The van der Waals surface area contributed by atoms with Crippen LogP contribution < -0.4 is 36.6 Å². The summed E-state index contributed by atoms with van der Waals surface area (Å²) in [4.78, 5) is 4.05. The van der Waals surface area contributed by atoms with Crippen LogP contribution >= 0.6 is 11.3 Å². The topological polar surface area (TPSA) is 8.17 Å². The number of rotatable bonds is 1. The van der Waals surface area contributed by atoms with Gasteiger partial charge in [-0.25, -0.2) is 0 Å². The molecule has 4 aliphatic rings. The zero-order valence-corrected chi connectivity index (χ0v) is 32.4. The van der Waals surface area contributed by atoms with Crippen LogP contribution in [0.2, 0.25) is 0 Å². The first-order valence-corrected chi connectivity index (χ1v) is 22.5. The van der Waals surface area contributed by atoms with Gasteiger partial charge in [0.25, 0.3) is 0 Å². The van der Waals surface area contributed by atoms with Crippen molar-refractivity contribution in [3.05, 3.63) is 175 Å². The predicted molar refractivity (Wildman–Crippen MR) is 242 cm³/mol. The minimum Gasteiger partial charge on any atom is -0.367 e. The SMILES string of the molecule is Cc1ccccc1-c1cc2c3c(c1)N1c4ccccc4[Si]4(c5ccccc5-c5ccccc54)c4cccc(c41)B3n1c3sc4ccccc4c3c3cccc-2c31. The Morgan fingerprint density at radius 1 is 0.518 bits per heavy atom. The minimum atomic E-state index is -2.75. The maximum absolute atomic E-state index is 2.75. The van der Waals surface area contributed by atoms with Crippen LogP contribution in [0.15, 0.2) is 170 Å². The summed E-state index contributed by atoms with van der Waals surface area (Å²) in [5, 5.41) is 10.1. The second-order valence-electron chi connectivity index (χ2n) is 16.0. The van der Waals surface area contributed by atoms with Crippen LogP contribution in [-0.4, -0.2) is 19.4 Å². The maximum atomic E-state index is 2.75. The Kier molecular flexibility index (Phi) is 5.48. The molecule has 2 aromatic heterocycles. The van der Waals surface area contributed by atoms with Gasteiger partial charge in [-0.05, 0) is 96.2 Å². The number of para-hydroxylation sites is 3. The highest BCUT2D eigenvalue weighted by Gasteiger charge is 2.56. The molecule has 0 radical (unpaired) electrons. The van der Waals surface area contributed by atoms with Crippen LogP contribution in [0, 0.1) is 6.92 Å². The average Bonchev–Trinajstić information content (AvgIpc) is 3.88. The van der Waals surface area contributed by atoms with Gasteiger partial charge in [0.1, 0.15) is 0 Å². The van der Waals surface area contributed by atoms with Gasteiger partial charge in [0.2, 0.25) is 0 Å². The molecule has 0 saturated heterocycles. The molecular weight excluding hydrogens is 712 g/mol. The van der Waals surface area contributed by atoms with Crippen LogP contribution in [0.3, 0.4) is 0 Å². The molecule has 6 heterocycles. The first kappa shape index (κ1) is 29.9. The maximum Gasteiger partial charge on any atom is 0.333 e. The fraction of sp³-hybridized carbons (Fsp3) is 0.0196. The molecule has 258 valence electrons. The third-order valence-corrected chi connectivity index (χ3v) is 19.6. The fourth-order valence-electron chi connectivity index (χ4n) is 11.5. The van der Waals surface area contributed by atoms with E-state index in [0.717, 1.165) is 0 Å². The first-order chi connectivity index (χ1) is 27.7. The molecule has 0 unspecified atom stereocenters. The van der Waals surface area contributed by atoms with E-state index in [0.29, 0.717) is 0 Å². The smallest absolute Gasteiger partial charge is 0.333 e. The van der Waals surface area contributed by atoms with Crippen molar-refractivity contribution in [2.45, 2.75) is 6.92 Å². The molecule has 0 aliphatic carbocycles. The molecule has 0 atom stereocenters. The zero-order chi connectivity index (χ0) is 36.4. The van der Waals surface area contributed by atoms with Crippen molar-refractivity contribution in [1.82, 2.24) is 4.48 Å². The van der Waals surface area contributed by atoms with Crippen LogP contribution in [0.1, 0.15) is 5.56 Å². The Hall–Kier alpha value is -6.40. The number of hydrogen-bond donors (Lipinski definition) is 0. The molecule has 0 amide bonds. The van der Waals surface area contributed by atoms with Gasteiger partial charge in [-0.1, -0.05) is 146 Å². The van der Waals surface area contributed by atoms with Gasteiger partial charge < -0.3 is 9.38 Å². The molecule has 2 nitrogen and oxygen atoms in total. The Bertz CT molecular complexity index is 3380. The fourth-order valence-corrected chi connectivity index (χ4v) is 18.3. The number of hydrogen-bond acceptors (Lipinski definition) is 2.